The molecule has 2 heterocycles. The van der Waals surface area contributed by atoms with E-state index in [1.54, 1.807) is 6.20 Å². The largest absolute Gasteiger partial charge is 0.491 e. The number of hydrogen-bond acceptors (Lipinski definition) is 6. The zero-order valence-corrected chi connectivity index (χ0v) is 13.3. The van der Waals surface area contributed by atoms with E-state index in [-0.39, 0.29) is 5.41 Å². The molecule has 1 aromatic rings. The van der Waals surface area contributed by atoms with E-state index >= 15 is 0 Å². The molecule has 0 aromatic carbocycles. The molecule has 1 saturated heterocycles. The molecule has 6 heteroatoms. The second-order valence-electron chi connectivity index (χ2n) is 6.01. The number of anilines is 1. The maximum Gasteiger partial charge on any atom is 0.137 e. The number of thiol groups is 1. The van der Waals surface area contributed by atoms with Crippen LogP contribution in [0.15, 0.2) is 18.3 Å². The second-order valence-corrected chi connectivity index (χ2v) is 6.98. The smallest absolute Gasteiger partial charge is 0.137 e. The van der Waals surface area contributed by atoms with Crippen LogP contribution in [-0.2, 0) is 0 Å². The Hall–Kier alpha value is -0.590. The van der Waals surface area contributed by atoms with Crippen molar-refractivity contribution in [3.8, 4) is 5.75 Å². The predicted molar refractivity (Wildman–Crippen MR) is 84.9 cm³/mol. The van der Waals surface area contributed by atoms with Gasteiger partial charge in [0.05, 0.1) is 18.8 Å². The van der Waals surface area contributed by atoms with Crippen LogP contribution in [0.3, 0.4) is 0 Å². The molecule has 1 aliphatic heterocycles. The molecule has 0 atom stereocenters. The molecular weight excluding hydrogens is 278 g/mol. The summed E-state index contributed by atoms with van der Waals surface area (Å²) in [6.07, 6.45) is 1.80. The van der Waals surface area contributed by atoms with Crippen LogP contribution in [0.4, 0.5) is 5.82 Å². The summed E-state index contributed by atoms with van der Waals surface area (Å²) < 4.78 is 8.93. The number of ether oxygens (including phenoxy) is 1. The maximum atomic E-state index is 5.71. The molecule has 106 valence electrons. The summed E-state index contributed by atoms with van der Waals surface area (Å²) in [5.74, 6) is 1.84. The summed E-state index contributed by atoms with van der Waals surface area (Å²) in [7, 11) is 1.37. The highest BCUT2D eigenvalue weighted by Gasteiger charge is 2.27. The van der Waals surface area contributed by atoms with E-state index < -0.39 is 0 Å². The van der Waals surface area contributed by atoms with E-state index in [0.717, 1.165) is 24.7 Å². The van der Waals surface area contributed by atoms with Gasteiger partial charge in [-0.15, -0.1) is 0 Å². The number of aromatic nitrogens is 1. The van der Waals surface area contributed by atoms with E-state index in [1.807, 2.05) is 12.1 Å². The molecule has 1 fully saturated rings. The highest BCUT2D eigenvalue weighted by Crippen LogP contribution is 2.23. The molecule has 1 aromatic heterocycles. The van der Waals surface area contributed by atoms with Crippen molar-refractivity contribution in [2.45, 2.75) is 26.8 Å². The van der Waals surface area contributed by atoms with Crippen LogP contribution in [0.5, 0.6) is 5.75 Å². The number of rotatable bonds is 5. The molecule has 0 unspecified atom stereocenters. The summed E-state index contributed by atoms with van der Waals surface area (Å²) in [5.41, 5.74) is 0.166. The number of hydrogen-bond donors (Lipinski definition) is 2. The Kier molecular flexibility index (Phi) is 4.86. The quantitative estimate of drug-likeness (QED) is 0.497. The first-order valence-corrected chi connectivity index (χ1v) is 8.24. The molecule has 0 radical (unpaired) electrons. The number of nitrogens with one attached hydrogen (secondary N) is 1. The van der Waals surface area contributed by atoms with Crippen molar-refractivity contribution in [3.05, 3.63) is 18.3 Å². The van der Waals surface area contributed by atoms with E-state index in [2.05, 4.69) is 47.0 Å². The summed E-state index contributed by atoms with van der Waals surface area (Å²) in [6.45, 7) is 9.11. The van der Waals surface area contributed by atoms with Gasteiger partial charge in [0, 0.05) is 13.1 Å². The Balaban J connectivity index is 1.82. The Bertz CT molecular complexity index is 399. The minimum absolute atomic E-state index is 0.166. The molecule has 4 nitrogen and oxygen atoms in total. The zero-order chi connectivity index (χ0) is 13.9. The molecule has 0 spiro atoms. The lowest BCUT2D eigenvalue weighted by atomic mass is 9.99. The summed E-state index contributed by atoms with van der Waals surface area (Å²) in [6, 6.07) is 4.51. The lowest BCUT2D eigenvalue weighted by Crippen LogP contribution is -2.56. The maximum absolute atomic E-state index is 5.71. The van der Waals surface area contributed by atoms with Gasteiger partial charge in [-0.05, 0) is 28.5 Å². The van der Waals surface area contributed by atoms with E-state index in [0.29, 0.717) is 12.6 Å². The lowest BCUT2D eigenvalue weighted by molar-refractivity contribution is 0.197. The molecule has 1 N–H and O–H groups in total. The van der Waals surface area contributed by atoms with E-state index in [9.17, 15) is 0 Å². The zero-order valence-electron chi connectivity index (χ0n) is 11.6. The van der Waals surface area contributed by atoms with E-state index in [1.165, 1.54) is 11.0 Å². The van der Waals surface area contributed by atoms with Crippen LogP contribution in [0, 0.1) is 5.41 Å². The normalized spacial score (nSPS) is 16.3. The Morgan fingerprint density at radius 3 is 2.74 bits per heavy atom. The molecule has 19 heavy (non-hydrogen) atoms. The van der Waals surface area contributed by atoms with E-state index in [4.69, 9.17) is 4.74 Å². The third kappa shape index (κ3) is 4.47. The topological polar surface area (TPSA) is 37.4 Å². The molecule has 1 aliphatic rings. The SMILES string of the molecule is CC(C)(C)COc1ccc(N2CC(NSS)C2)nc1. The first-order valence-electron chi connectivity index (χ1n) is 6.38. The third-order valence-electron chi connectivity index (χ3n) is 2.82. The summed E-state index contributed by atoms with van der Waals surface area (Å²) in [5, 5.41) is 0. The van der Waals surface area contributed by atoms with Gasteiger partial charge in [0.1, 0.15) is 11.6 Å². The highest BCUT2D eigenvalue weighted by atomic mass is 33.1. The van der Waals surface area contributed by atoms with Crippen LogP contribution in [-0.4, -0.2) is 30.7 Å². The van der Waals surface area contributed by atoms with Crippen molar-refractivity contribution in [1.29, 1.82) is 0 Å². The molecule has 0 aliphatic carbocycles. The van der Waals surface area contributed by atoms with Crippen LogP contribution in [0.2, 0.25) is 0 Å². The standard InChI is InChI=1S/C13H21N3OS2/c1-13(2,3)9-17-11-4-5-12(14-6-11)16-7-10(8-16)15-19-18/h4-6,10,15,18H,7-9H2,1-3H3. The monoisotopic (exact) mass is 299 g/mol. The fourth-order valence-corrected chi connectivity index (χ4v) is 2.50. The highest BCUT2D eigenvalue weighted by molar-refractivity contribution is 8.67. The van der Waals surface area contributed by atoms with Gasteiger partial charge in [0.15, 0.2) is 0 Å². The summed E-state index contributed by atoms with van der Waals surface area (Å²) >= 11 is 4.08. The van der Waals surface area contributed by atoms with Crippen LogP contribution in [0.25, 0.3) is 0 Å². The average Bonchev–Trinajstić information content (AvgIpc) is 2.31. The van der Waals surface area contributed by atoms with Gasteiger partial charge >= 0.3 is 0 Å². The molecule has 2 rings (SSSR count). The molecule has 0 amide bonds. The average molecular weight is 299 g/mol. The van der Waals surface area contributed by atoms with Gasteiger partial charge in [-0.25, -0.2) is 9.71 Å². The fourth-order valence-electron chi connectivity index (χ4n) is 1.76. The fraction of sp³-hybridized carbons (Fsp3) is 0.615. The molecule has 0 bridgehead atoms. The van der Waals surface area contributed by atoms with Crippen LogP contribution >= 0.6 is 22.6 Å². The number of nitrogens with zero attached hydrogens (tertiary/aromatic N) is 2. The second kappa shape index (κ2) is 6.24. The van der Waals surface area contributed by atoms with Crippen LogP contribution in [0.1, 0.15) is 20.8 Å². The first-order chi connectivity index (χ1) is 8.98. The Morgan fingerprint density at radius 1 is 1.47 bits per heavy atom. The van der Waals surface area contributed by atoms with Crippen molar-refractivity contribution in [1.82, 2.24) is 9.71 Å². The molecular formula is C13H21N3OS2. The van der Waals surface area contributed by atoms with Gasteiger partial charge in [0.2, 0.25) is 0 Å². The lowest BCUT2D eigenvalue weighted by Gasteiger charge is -2.39. The van der Waals surface area contributed by atoms with Crippen molar-refractivity contribution < 1.29 is 4.74 Å². The van der Waals surface area contributed by atoms with Crippen molar-refractivity contribution in [2.75, 3.05) is 24.6 Å². The minimum Gasteiger partial charge on any atom is -0.491 e. The van der Waals surface area contributed by atoms with Crippen molar-refractivity contribution >= 4 is 28.5 Å². The predicted octanol–water partition coefficient (Wildman–Crippen LogP) is 2.78. The minimum atomic E-state index is 0.166. The van der Waals surface area contributed by atoms with Crippen LogP contribution < -0.4 is 14.4 Å². The number of pyridine rings is 1. The first kappa shape index (κ1) is 14.8. The Morgan fingerprint density at radius 2 is 2.21 bits per heavy atom. The van der Waals surface area contributed by atoms with Gasteiger partial charge in [0.25, 0.3) is 0 Å². The van der Waals surface area contributed by atoms with Gasteiger partial charge in [-0.1, -0.05) is 32.4 Å². The van der Waals surface area contributed by atoms with Crippen molar-refractivity contribution in [2.24, 2.45) is 5.41 Å². The molecule has 0 saturated carbocycles. The summed E-state index contributed by atoms with van der Waals surface area (Å²) in [4.78, 5) is 6.67. The van der Waals surface area contributed by atoms with Gasteiger partial charge in [-0.2, -0.15) is 0 Å². The Labute approximate surface area is 124 Å². The van der Waals surface area contributed by atoms with Gasteiger partial charge in [-0.3, -0.25) is 0 Å². The van der Waals surface area contributed by atoms with Crippen molar-refractivity contribution in [3.63, 3.8) is 0 Å². The third-order valence-corrected chi connectivity index (χ3v) is 3.57. The van der Waals surface area contributed by atoms with Gasteiger partial charge < -0.3 is 9.64 Å².